The zero-order chi connectivity index (χ0) is 18.6. The predicted octanol–water partition coefficient (Wildman–Crippen LogP) is 2.09. The summed E-state index contributed by atoms with van der Waals surface area (Å²) in [7, 11) is 1.58. The van der Waals surface area contributed by atoms with Gasteiger partial charge in [-0.25, -0.2) is 4.79 Å². The number of anilines is 1. The minimum atomic E-state index is -0.862. The van der Waals surface area contributed by atoms with Crippen molar-refractivity contribution in [3.8, 4) is 5.75 Å². The van der Waals surface area contributed by atoms with Crippen molar-refractivity contribution >= 4 is 35.3 Å². The summed E-state index contributed by atoms with van der Waals surface area (Å²) in [6.45, 7) is 5.41. The number of rotatable bonds is 7. The van der Waals surface area contributed by atoms with Crippen LogP contribution < -0.4 is 15.4 Å². The van der Waals surface area contributed by atoms with E-state index >= 15 is 0 Å². The van der Waals surface area contributed by atoms with Crippen LogP contribution in [0.25, 0.3) is 0 Å². The molecule has 4 amide bonds. The molecule has 1 aromatic carbocycles. The number of imide groups is 1. The van der Waals surface area contributed by atoms with E-state index in [9.17, 15) is 14.4 Å². The van der Waals surface area contributed by atoms with E-state index < -0.39 is 5.54 Å². The van der Waals surface area contributed by atoms with E-state index in [1.807, 2.05) is 0 Å². The Morgan fingerprint density at radius 2 is 1.96 bits per heavy atom. The Morgan fingerprint density at radius 1 is 1.32 bits per heavy atom. The van der Waals surface area contributed by atoms with Crippen molar-refractivity contribution in [3.63, 3.8) is 0 Å². The molecule has 2 N–H and O–H groups in total. The molecule has 25 heavy (non-hydrogen) atoms. The highest BCUT2D eigenvalue weighted by Gasteiger charge is 2.43. The molecule has 1 aliphatic heterocycles. The zero-order valence-electron chi connectivity index (χ0n) is 14.8. The first-order valence-electron chi connectivity index (χ1n) is 7.95. The van der Waals surface area contributed by atoms with E-state index in [0.29, 0.717) is 11.4 Å². The first kappa shape index (κ1) is 19.1. The van der Waals surface area contributed by atoms with Crippen LogP contribution in [0, 0.1) is 0 Å². The first-order chi connectivity index (χ1) is 11.7. The van der Waals surface area contributed by atoms with Crippen molar-refractivity contribution in [2.75, 3.05) is 24.7 Å². The predicted molar refractivity (Wildman–Crippen MR) is 97.9 cm³/mol. The second kappa shape index (κ2) is 7.77. The Bertz CT molecular complexity index is 660. The Labute approximate surface area is 151 Å². The van der Waals surface area contributed by atoms with E-state index in [1.54, 1.807) is 52.1 Å². The average Bonchev–Trinajstić information content (AvgIpc) is 2.76. The smallest absolute Gasteiger partial charge is 0.325 e. The van der Waals surface area contributed by atoms with E-state index in [2.05, 4.69) is 10.6 Å². The number of hydrogen-bond donors (Lipinski definition) is 2. The third-order valence-electron chi connectivity index (χ3n) is 3.85. The number of methoxy groups -OCH3 is 1. The highest BCUT2D eigenvalue weighted by molar-refractivity contribution is 8.00. The molecule has 0 spiro atoms. The van der Waals surface area contributed by atoms with E-state index in [4.69, 9.17) is 4.74 Å². The monoisotopic (exact) mass is 365 g/mol. The third kappa shape index (κ3) is 4.66. The van der Waals surface area contributed by atoms with Crippen molar-refractivity contribution in [1.82, 2.24) is 10.2 Å². The number of nitrogens with zero attached hydrogens (tertiary/aromatic N) is 1. The van der Waals surface area contributed by atoms with Gasteiger partial charge in [0.15, 0.2) is 0 Å². The minimum absolute atomic E-state index is 0.132. The summed E-state index contributed by atoms with van der Waals surface area (Å²) < 4.78 is 5.07. The van der Waals surface area contributed by atoms with Gasteiger partial charge in [0, 0.05) is 18.0 Å². The lowest BCUT2D eigenvalue weighted by Crippen LogP contribution is -2.40. The van der Waals surface area contributed by atoms with Crippen LogP contribution in [0.1, 0.15) is 20.8 Å². The molecule has 2 rings (SSSR count). The molecule has 0 aromatic heterocycles. The lowest BCUT2D eigenvalue weighted by molar-refractivity contribution is -0.130. The van der Waals surface area contributed by atoms with Gasteiger partial charge >= 0.3 is 6.03 Å². The second-order valence-corrected chi connectivity index (χ2v) is 7.69. The molecule has 8 heteroatoms. The van der Waals surface area contributed by atoms with Crippen molar-refractivity contribution in [2.24, 2.45) is 0 Å². The van der Waals surface area contributed by atoms with Crippen LogP contribution in [0.3, 0.4) is 0 Å². The number of urea groups is 1. The number of nitrogens with one attached hydrogen (secondary N) is 2. The maximum absolute atomic E-state index is 12.2. The molecule has 0 saturated carbocycles. The van der Waals surface area contributed by atoms with Crippen molar-refractivity contribution in [2.45, 2.75) is 31.6 Å². The molecule has 1 heterocycles. The number of benzene rings is 1. The lowest BCUT2D eigenvalue weighted by Gasteiger charge is -2.17. The van der Waals surface area contributed by atoms with Gasteiger partial charge in [-0.15, -0.1) is 11.8 Å². The van der Waals surface area contributed by atoms with Gasteiger partial charge in [-0.1, -0.05) is 0 Å². The van der Waals surface area contributed by atoms with Gasteiger partial charge in [0.2, 0.25) is 5.91 Å². The summed E-state index contributed by atoms with van der Waals surface area (Å²) in [6.07, 6.45) is 0. The summed E-state index contributed by atoms with van der Waals surface area (Å²) in [5, 5.41) is 5.15. The number of carbonyl (C=O) groups is 3. The van der Waals surface area contributed by atoms with Crippen LogP contribution in [0.5, 0.6) is 5.75 Å². The van der Waals surface area contributed by atoms with Gasteiger partial charge in [-0.3, -0.25) is 14.5 Å². The molecular formula is C17H23N3O4S. The largest absolute Gasteiger partial charge is 0.497 e. The fourth-order valence-corrected chi connectivity index (χ4v) is 3.19. The van der Waals surface area contributed by atoms with Crippen molar-refractivity contribution in [3.05, 3.63) is 24.3 Å². The Kier molecular flexibility index (Phi) is 5.94. The molecule has 1 fully saturated rings. The standard InChI is InChI=1S/C17H23N3O4S/c1-11(14(21)18-12-5-7-13(24-4)8-6-12)25-10-9-20-15(22)17(2,3)19-16(20)23/h5-8,11H,9-10H2,1-4H3,(H,18,21)(H,19,23). The number of carbonyl (C=O) groups excluding carboxylic acids is 3. The van der Waals surface area contributed by atoms with Crippen LogP contribution in [-0.4, -0.2) is 52.9 Å². The molecule has 1 aliphatic rings. The molecule has 0 radical (unpaired) electrons. The summed E-state index contributed by atoms with van der Waals surface area (Å²) in [5.74, 6) is 0.838. The highest BCUT2D eigenvalue weighted by Crippen LogP contribution is 2.20. The van der Waals surface area contributed by atoms with Gasteiger partial charge in [-0.2, -0.15) is 0 Å². The fourth-order valence-electron chi connectivity index (χ4n) is 2.34. The zero-order valence-corrected chi connectivity index (χ0v) is 15.6. The van der Waals surface area contributed by atoms with Crippen molar-refractivity contribution in [1.29, 1.82) is 0 Å². The minimum Gasteiger partial charge on any atom is -0.497 e. The number of ether oxygens (including phenoxy) is 1. The van der Waals surface area contributed by atoms with Crippen LogP contribution in [0.4, 0.5) is 10.5 Å². The molecule has 0 bridgehead atoms. The van der Waals surface area contributed by atoms with E-state index in [0.717, 1.165) is 5.75 Å². The van der Waals surface area contributed by atoms with Gasteiger partial charge in [0.05, 0.1) is 12.4 Å². The van der Waals surface area contributed by atoms with E-state index in [1.165, 1.54) is 16.7 Å². The van der Waals surface area contributed by atoms with Crippen LogP contribution in [-0.2, 0) is 9.59 Å². The average molecular weight is 365 g/mol. The lowest BCUT2D eigenvalue weighted by atomic mass is 10.1. The maximum Gasteiger partial charge on any atom is 0.325 e. The summed E-state index contributed by atoms with van der Waals surface area (Å²) in [4.78, 5) is 37.3. The van der Waals surface area contributed by atoms with E-state index in [-0.39, 0.29) is 29.6 Å². The maximum atomic E-state index is 12.2. The normalized spacial score (nSPS) is 17.2. The van der Waals surface area contributed by atoms with Gasteiger partial charge < -0.3 is 15.4 Å². The highest BCUT2D eigenvalue weighted by atomic mass is 32.2. The SMILES string of the molecule is COc1ccc(NC(=O)C(C)SCCN2C(=O)NC(C)(C)C2=O)cc1. The summed E-state index contributed by atoms with van der Waals surface area (Å²) in [6, 6.07) is 6.69. The summed E-state index contributed by atoms with van der Waals surface area (Å²) in [5.41, 5.74) is -0.173. The third-order valence-corrected chi connectivity index (χ3v) is 4.99. The Hall–Kier alpha value is -2.22. The molecular weight excluding hydrogens is 342 g/mol. The number of thioether (sulfide) groups is 1. The molecule has 0 aliphatic carbocycles. The number of amides is 4. The van der Waals surface area contributed by atoms with Crippen LogP contribution >= 0.6 is 11.8 Å². The topological polar surface area (TPSA) is 87.7 Å². The fraction of sp³-hybridized carbons (Fsp3) is 0.471. The molecule has 136 valence electrons. The molecule has 7 nitrogen and oxygen atoms in total. The van der Waals surface area contributed by atoms with Gasteiger partial charge in [0.1, 0.15) is 11.3 Å². The Morgan fingerprint density at radius 3 is 2.48 bits per heavy atom. The quantitative estimate of drug-likeness (QED) is 0.723. The Balaban J connectivity index is 1.79. The first-order valence-corrected chi connectivity index (χ1v) is 9.00. The molecule has 1 atom stereocenters. The molecule has 1 saturated heterocycles. The van der Waals surface area contributed by atoms with Crippen molar-refractivity contribution < 1.29 is 19.1 Å². The van der Waals surface area contributed by atoms with Crippen LogP contribution in [0.2, 0.25) is 0 Å². The van der Waals surface area contributed by atoms with Crippen LogP contribution in [0.15, 0.2) is 24.3 Å². The summed E-state index contributed by atoms with van der Waals surface area (Å²) >= 11 is 1.39. The van der Waals surface area contributed by atoms with Gasteiger partial charge in [-0.05, 0) is 45.0 Å². The molecule has 1 aromatic rings. The molecule has 1 unspecified atom stereocenters. The van der Waals surface area contributed by atoms with Gasteiger partial charge in [0.25, 0.3) is 5.91 Å². The second-order valence-electron chi connectivity index (χ2n) is 6.24. The number of hydrogen-bond acceptors (Lipinski definition) is 5.